The van der Waals surface area contributed by atoms with Crippen molar-refractivity contribution < 1.29 is 14.3 Å². The van der Waals surface area contributed by atoms with Crippen LogP contribution < -0.4 is 9.47 Å². The van der Waals surface area contributed by atoms with Gasteiger partial charge in [0.05, 0.1) is 0 Å². The second-order valence-electron chi connectivity index (χ2n) is 4.70. The molecule has 0 N–H and O–H groups in total. The summed E-state index contributed by atoms with van der Waals surface area (Å²) in [6, 6.07) is 5.94. The Balaban J connectivity index is 1.83. The van der Waals surface area contributed by atoms with E-state index in [1.165, 1.54) is 0 Å². The van der Waals surface area contributed by atoms with Gasteiger partial charge in [0.25, 0.3) is 0 Å². The lowest BCUT2D eigenvalue weighted by atomic mass is 9.93. The second-order valence-corrected chi connectivity index (χ2v) is 4.70. The molecule has 1 fully saturated rings. The van der Waals surface area contributed by atoms with Crippen LogP contribution in [-0.2, 0) is 11.2 Å². The first-order chi connectivity index (χ1) is 7.70. The van der Waals surface area contributed by atoms with Crippen molar-refractivity contribution in [1.82, 2.24) is 0 Å². The van der Waals surface area contributed by atoms with Crippen LogP contribution in [0.15, 0.2) is 18.2 Å². The number of benzene rings is 1. The van der Waals surface area contributed by atoms with E-state index in [-0.39, 0.29) is 5.41 Å². The van der Waals surface area contributed by atoms with Gasteiger partial charge in [0.1, 0.15) is 5.78 Å². The fraction of sp³-hybridized carbons (Fsp3) is 0.462. The van der Waals surface area contributed by atoms with Gasteiger partial charge in [-0.2, -0.15) is 0 Å². The predicted octanol–water partition coefficient (Wildman–Crippen LogP) is 2.33. The maximum atomic E-state index is 11.5. The van der Waals surface area contributed by atoms with E-state index >= 15 is 0 Å². The summed E-state index contributed by atoms with van der Waals surface area (Å²) in [5.41, 5.74) is 1.09. The number of Topliss-reactive ketones (excluding diaryl/α,β-unsaturated/α-hetero) is 1. The summed E-state index contributed by atoms with van der Waals surface area (Å²) in [6.07, 6.45) is 2.88. The third-order valence-electron chi connectivity index (χ3n) is 3.58. The molecular weight excluding hydrogens is 204 g/mol. The molecule has 3 rings (SSSR count). The van der Waals surface area contributed by atoms with Crippen LogP contribution in [0, 0.1) is 5.41 Å². The molecule has 1 aromatic carbocycles. The number of hydrogen-bond donors (Lipinski definition) is 0. The van der Waals surface area contributed by atoms with Crippen molar-refractivity contribution in [2.24, 2.45) is 5.41 Å². The van der Waals surface area contributed by atoms with Gasteiger partial charge in [0.2, 0.25) is 6.79 Å². The minimum atomic E-state index is -0.0757. The molecule has 0 spiro atoms. The Morgan fingerprint density at radius 2 is 2.06 bits per heavy atom. The van der Waals surface area contributed by atoms with Crippen molar-refractivity contribution in [2.45, 2.75) is 26.2 Å². The van der Waals surface area contributed by atoms with E-state index in [1.54, 1.807) is 6.92 Å². The number of hydrogen-bond acceptors (Lipinski definition) is 3. The second kappa shape index (κ2) is 3.24. The molecule has 1 saturated carbocycles. The Morgan fingerprint density at radius 3 is 2.75 bits per heavy atom. The van der Waals surface area contributed by atoms with E-state index < -0.39 is 0 Å². The molecule has 2 aliphatic rings. The molecule has 3 heteroatoms. The molecule has 1 aromatic rings. The molecule has 0 saturated heterocycles. The van der Waals surface area contributed by atoms with Crippen LogP contribution in [0.2, 0.25) is 0 Å². The first-order valence-electron chi connectivity index (χ1n) is 5.59. The Bertz CT molecular complexity index is 446. The third-order valence-corrected chi connectivity index (χ3v) is 3.58. The molecule has 3 nitrogen and oxygen atoms in total. The van der Waals surface area contributed by atoms with E-state index in [0.717, 1.165) is 36.3 Å². The van der Waals surface area contributed by atoms with Gasteiger partial charge in [-0.15, -0.1) is 0 Å². The lowest BCUT2D eigenvalue weighted by Gasteiger charge is -2.11. The topological polar surface area (TPSA) is 35.5 Å². The third kappa shape index (κ3) is 1.47. The van der Waals surface area contributed by atoms with Crippen LogP contribution in [0.3, 0.4) is 0 Å². The number of rotatable bonds is 3. The fourth-order valence-electron chi connectivity index (χ4n) is 2.25. The summed E-state index contributed by atoms with van der Waals surface area (Å²) in [5, 5.41) is 0. The van der Waals surface area contributed by atoms with E-state index in [9.17, 15) is 4.79 Å². The van der Waals surface area contributed by atoms with Crippen molar-refractivity contribution in [2.75, 3.05) is 6.79 Å². The Kier molecular flexibility index (Phi) is 1.96. The van der Waals surface area contributed by atoms with Crippen molar-refractivity contribution in [1.29, 1.82) is 0 Å². The standard InChI is InChI=1S/C13H14O3/c1-9(14)13(4-5-13)7-10-2-3-11-12(6-10)16-8-15-11/h2-3,6H,4-5,7-8H2,1H3. The summed E-state index contributed by atoms with van der Waals surface area (Å²) in [5.74, 6) is 1.92. The largest absolute Gasteiger partial charge is 0.454 e. The number of carbonyl (C=O) groups excluding carboxylic acids is 1. The molecule has 0 unspecified atom stereocenters. The van der Waals surface area contributed by atoms with E-state index in [1.807, 2.05) is 18.2 Å². The van der Waals surface area contributed by atoms with Crippen molar-refractivity contribution in [3.8, 4) is 11.5 Å². The first kappa shape index (κ1) is 9.70. The normalized spacial score (nSPS) is 19.6. The zero-order chi connectivity index (χ0) is 11.2. The van der Waals surface area contributed by atoms with Crippen LogP contribution in [0.1, 0.15) is 25.3 Å². The SMILES string of the molecule is CC(=O)C1(Cc2ccc3c(c2)OCO3)CC1. The predicted molar refractivity (Wildman–Crippen MR) is 58.6 cm³/mol. The molecule has 0 amide bonds. The lowest BCUT2D eigenvalue weighted by molar-refractivity contribution is -0.121. The van der Waals surface area contributed by atoms with Crippen molar-refractivity contribution in [3.05, 3.63) is 23.8 Å². The molecule has 84 valence electrons. The Labute approximate surface area is 94.4 Å². The summed E-state index contributed by atoms with van der Waals surface area (Å²) in [7, 11) is 0. The lowest BCUT2D eigenvalue weighted by Crippen LogP contribution is -2.14. The van der Waals surface area contributed by atoms with Crippen LogP contribution in [0.5, 0.6) is 11.5 Å². The van der Waals surface area contributed by atoms with Crippen molar-refractivity contribution >= 4 is 5.78 Å². The highest BCUT2D eigenvalue weighted by atomic mass is 16.7. The van der Waals surface area contributed by atoms with Crippen LogP contribution in [-0.4, -0.2) is 12.6 Å². The fourth-order valence-corrected chi connectivity index (χ4v) is 2.25. The van der Waals surface area contributed by atoms with E-state index in [0.29, 0.717) is 12.6 Å². The van der Waals surface area contributed by atoms with Gasteiger partial charge in [-0.3, -0.25) is 4.79 Å². The smallest absolute Gasteiger partial charge is 0.231 e. The highest BCUT2D eigenvalue weighted by Gasteiger charge is 2.46. The molecule has 16 heavy (non-hydrogen) atoms. The van der Waals surface area contributed by atoms with Gasteiger partial charge in [0, 0.05) is 5.41 Å². The van der Waals surface area contributed by atoms with Gasteiger partial charge in [-0.25, -0.2) is 0 Å². The summed E-state index contributed by atoms with van der Waals surface area (Å²) in [4.78, 5) is 11.5. The quantitative estimate of drug-likeness (QED) is 0.781. The summed E-state index contributed by atoms with van der Waals surface area (Å²) in [6.45, 7) is 2.00. The molecule has 0 bridgehead atoms. The number of ether oxygens (including phenoxy) is 2. The van der Waals surface area contributed by atoms with E-state index in [4.69, 9.17) is 9.47 Å². The summed E-state index contributed by atoms with van der Waals surface area (Å²) < 4.78 is 10.6. The minimum Gasteiger partial charge on any atom is -0.454 e. The van der Waals surface area contributed by atoms with Gasteiger partial charge < -0.3 is 9.47 Å². The summed E-state index contributed by atoms with van der Waals surface area (Å²) >= 11 is 0. The van der Waals surface area contributed by atoms with Crippen LogP contribution >= 0.6 is 0 Å². The molecule has 0 atom stereocenters. The van der Waals surface area contributed by atoms with Crippen LogP contribution in [0.25, 0.3) is 0 Å². The van der Waals surface area contributed by atoms with Gasteiger partial charge in [-0.1, -0.05) is 6.07 Å². The average molecular weight is 218 g/mol. The molecule has 1 aliphatic carbocycles. The molecule has 1 heterocycles. The molecular formula is C13H14O3. The molecule has 0 aromatic heterocycles. The van der Waals surface area contributed by atoms with Gasteiger partial charge in [0.15, 0.2) is 11.5 Å². The van der Waals surface area contributed by atoms with Gasteiger partial charge >= 0.3 is 0 Å². The average Bonchev–Trinajstić information content (AvgIpc) is 2.90. The molecule has 1 aliphatic heterocycles. The Morgan fingerprint density at radius 1 is 1.31 bits per heavy atom. The zero-order valence-electron chi connectivity index (χ0n) is 9.29. The maximum absolute atomic E-state index is 11.5. The minimum absolute atomic E-state index is 0.0757. The van der Waals surface area contributed by atoms with E-state index in [2.05, 4.69) is 0 Å². The highest BCUT2D eigenvalue weighted by Crippen LogP contribution is 2.49. The first-order valence-corrected chi connectivity index (χ1v) is 5.59. The van der Waals surface area contributed by atoms with Crippen molar-refractivity contribution in [3.63, 3.8) is 0 Å². The monoisotopic (exact) mass is 218 g/mol. The number of carbonyl (C=O) groups is 1. The Hall–Kier alpha value is -1.51. The van der Waals surface area contributed by atoms with Crippen LogP contribution in [0.4, 0.5) is 0 Å². The maximum Gasteiger partial charge on any atom is 0.231 e. The number of fused-ring (bicyclic) bond motifs is 1. The van der Waals surface area contributed by atoms with Gasteiger partial charge in [-0.05, 0) is 43.9 Å². The highest BCUT2D eigenvalue weighted by molar-refractivity contribution is 5.85. The number of ketones is 1. The zero-order valence-corrected chi connectivity index (χ0v) is 9.29. The molecule has 0 radical (unpaired) electrons.